The lowest BCUT2D eigenvalue weighted by molar-refractivity contribution is -0.143. The van der Waals surface area contributed by atoms with Crippen LogP contribution >= 0.6 is 0 Å². The highest BCUT2D eigenvalue weighted by Gasteiger charge is 2.44. The summed E-state index contributed by atoms with van der Waals surface area (Å²) in [7, 11) is 6.37. The minimum absolute atomic E-state index is 0.303. The molecule has 2 aromatic carbocycles. The van der Waals surface area contributed by atoms with Crippen molar-refractivity contribution in [3.05, 3.63) is 36.9 Å². The number of anilines is 4. The number of aromatic nitrogens is 4. The van der Waals surface area contributed by atoms with Gasteiger partial charge in [0.1, 0.15) is 60.0 Å². The van der Waals surface area contributed by atoms with E-state index < -0.39 is 47.1 Å². The molecule has 0 spiro atoms. The third kappa shape index (κ3) is 13.2. The molecule has 0 bridgehead atoms. The van der Waals surface area contributed by atoms with Crippen molar-refractivity contribution >= 4 is 80.3 Å². The molecule has 2 aliphatic heterocycles. The number of amides is 6. The topological polar surface area (TPSA) is 275 Å². The van der Waals surface area contributed by atoms with E-state index in [-0.39, 0.29) is 35.4 Å². The number of fused-ring (bicyclic) bond motifs is 2. The first-order valence-corrected chi connectivity index (χ1v) is 25.4. The molecule has 4 heterocycles. The Labute approximate surface area is 433 Å². The standard InChI is InChI=1S/C52H76N14O8/c1-29(53-9)45(67)63-41(51(3,4)5)49(71)65-21-15-17-37(65)47(69)61-35-23-31-33(25-39(35)73-11)57-27-59-43(31)55-19-13-14-20-56-44-32-24-36(40(74-12)26-34(32)58-28-60-44)62-48(70)38-18-16-22-66(38)50(72)42(52(6,7)8)64-46(68)30(2)54-10/h23-30,37-38,41-42,53-54H,13-22H2,1-12H3,(H,61,69)(H,62,70)(H,63,67)(H,64,68)(H,55,57,59)(H,56,58,60)/t29-,30-,37-,38-,41+,42+/m0/s1. The summed E-state index contributed by atoms with van der Waals surface area (Å²) in [5.74, 6) is -0.0627. The number of carbonyl (C=O) groups is 6. The number of nitrogens with zero attached hydrogens (tertiary/aromatic N) is 6. The number of likely N-dealkylation sites (N-methyl/N-ethyl adjacent to an activating group) is 2. The molecule has 6 atom stereocenters. The van der Waals surface area contributed by atoms with Gasteiger partial charge in [0.25, 0.3) is 0 Å². The minimum atomic E-state index is -0.846. The van der Waals surface area contributed by atoms with E-state index >= 15 is 0 Å². The fourth-order valence-corrected chi connectivity index (χ4v) is 9.11. The van der Waals surface area contributed by atoms with Gasteiger partial charge in [-0.1, -0.05) is 41.5 Å². The Hall–Kier alpha value is -6.94. The van der Waals surface area contributed by atoms with Crippen molar-refractivity contribution < 1.29 is 38.2 Å². The number of rotatable bonds is 21. The van der Waals surface area contributed by atoms with Gasteiger partial charge in [0.15, 0.2) is 0 Å². The number of ether oxygens (including phenoxy) is 2. The number of hydrogen-bond acceptors (Lipinski definition) is 16. The van der Waals surface area contributed by atoms with E-state index in [1.807, 2.05) is 41.5 Å². The van der Waals surface area contributed by atoms with Crippen LogP contribution in [0.4, 0.5) is 23.0 Å². The molecular weight excluding hydrogens is 949 g/mol. The first-order chi connectivity index (χ1) is 35.1. The molecule has 0 aliphatic carbocycles. The zero-order valence-electron chi connectivity index (χ0n) is 44.9. The fourth-order valence-electron chi connectivity index (χ4n) is 9.11. The van der Waals surface area contributed by atoms with Crippen molar-refractivity contribution in [2.75, 3.05) is 75.8 Å². The molecule has 2 aromatic heterocycles. The van der Waals surface area contributed by atoms with E-state index in [2.05, 4.69) is 62.5 Å². The van der Waals surface area contributed by atoms with E-state index in [9.17, 15) is 28.8 Å². The summed E-state index contributed by atoms with van der Waals surface area (Å²) in [6.07, 6.45) is 6.56. The molecular formula is C52H76N14O8. The highest BCUT2D eigenvalue weighted by Crippen LogP contribution is 2.36. The largest absolute Gasteiger partial charge is 0.494 e. The average molecular weight is 1030 g/mol. The number of methoxy groups -OCH3 is 2. The second-order valence-corrected chi connectivity index (χ2v) is 21.1. The first kappa shape index (κ1) is 56.4. The Morgan fingerprint density at radius 2 is 0.986 bits per heavy atom. The van der Waals surface area contributed by atoms with Crippen molar-refractivity contribution in [1.82, 2.24) is 51.0 Å². The van der Waals surface area contributed by atoms with Gasteiger partial charge in [-0.05, 0) is 89.4 Å². The summed E-state index contributed by atoms with van der Waals surface area (Å²) in [5.41, 5.74) is 0.765. The van der Waals surface area contributed by atoms with E-state index in [4.69, 9.17) is 9.47 Å². The van der Waals surface area contributed by atoms with Gasteiger partial charge >= 0.3 is 0 Å². The molecule has 2 fully saturated rings. The number of hydrogen-bond donors (Lipinski definition) is 8. The number of nitrogens with one attached hydrogen (secondary N) is 8. The smallest absolute Gasteiger partial charge is 0.247 e. The second kappa shape index (κ2) is 24.4. The number of unbranched alkanes of at least 4 members (excludes halogenated alkanes) is 1. The normalized spacial score (nSPS) is 17.5. The molecule has 0 saturated carbocycles. The van der Waals surface area contributed by atoms with Crippen molar-refractivity contribution in [2.24, 2.45) is 10.8 Å². The summed E-state index contributed by atoms with van der Waals surface area (Å²) in [4.78, 5) is 103. The lowest BCUT2D eigenvalue weighted by Gasteiger charge is -2.36. The lowest BCUT2D eigenvalue weighted by Crippen LogP contribution is -2.59. The van der Waals surface area contributed by atoms with E-state index in [1.165, 1.54) is 26.9 Å². The summed E-state index contributed by atoms with van der Waals surface area (Å²) in [5, 5.41) is 25.8. The predicted molar refractivity (Wildman–Crippen MR) is 285 cm³/mol. The molecule has 2 aliphatic rings. The van der Waals surface area contributed by atoms with Crippen LogP contribution < -0.4 is 52.0 Å². The third-order valence-corrected chi connectivity index (χ3v) is 13.7. The Kier molecular flexibility index (Phi) is 18.6. The van der Waals surface area contributed by atoms with Crippen LogP contribution in [0, 0.1) is 10.8 Å². The summed E-state index contributed by atoms with van der Waals surface area (Å²) >= 11 is 0. The van der Waals surface area contributed by atoms with Gasteiger partial charge in [-0.2, -0.15) is 0 Å². The van der Waals surface area contributed by atoms with Crippen LogP contribution in [0.2, 0.25) is 0 Å². The molecule has 6 rings (SSSR count). The SMILES string of the molecule is CN[C@@H](C)C(=O)N[C@H](C(=O)N1CCC[C@H]1C(=O)Nc1cc2c(NCCCCNc3ncnc4cc(OC)c(NC(=O)[C@@H]5CCCN5C(=O)[C@@H](NC(=O)[C@H](C)NC)C(C)(C)C)cc34)ncnc2cc1OC)C(C)(C)C. The third-order valence-electron chi connectivity index (χ3n) is 13.7. The zero-order valence-corrected chi connectivity index (χ0v) is 44.9. The second-order valence-electron chi connectivity index (χ2n) is 21.1. The van der Waals surface area contributed by atoms with Crippen LogP contribution in [0.1, 0.15) is 93.9 Å². The zero-order chi connectivity index (χ0) is 54.1. The molecule has 22 nitrogen and oxygen atoms in total. The summed E-state index contributed by atoms with van der Waals surface area (Å²) < 4.78 is 11.4. The lowest BCUT2D eigenvalue weighted by atomic mass is 9.85. The molecule has 2 saturated heterocycles. The van der Waals surface area contributed by atoms with E-state index in [1.54, 1.807) is 62.0 Å². The van der Waals surface area contributed by atoms with Gasteiger partial charge in [-0.15, -0.1) is 0 Å². The highest BCUT2D eigenvalue weighted by molar-refractivity contribution is 6.04. The van der Waals surface area contributed by atoms with E-state index in [0.29, 0.717) is 108 Å². The van der Waals surface area contributed by atoms with Crippen LogP contribution in [0.5, 0.6) is 11.5 Å². The maximum atomic E-state index is 14.1. The Morgan fingerprint density at radius 3 is 1.32 bits per heavy atom. The van der Waals surface area contributed by atoms with Crippen molar-refractivity contribution in [2.45, 2.75) is 130 Å². The van der Waals surface area contributed by atoms with E-state index in [0.717, 1.165) is 12.8 Å². The number of benzene rings is 2. The van der Waals surface area contributed by atoms with Gasteiger partial charge in [0.05, 0.1) is 48.7 Å². The molecule has 8 N–H and O–H groups in total. The van der Waals surface area contributed by atoms with Crippen LogP contribution in [-0.2, 0) is 28.8 Å². The van der Waals surface area contributed by atoms with Gasteiger partial charge < -0.3 is 61.8 Å². The highest BCUT2D eigenvalue weighted by atomic mass is 16.5. The van der Waals surface area contributed by atoms with Crippen molar-refractivity contribution in [3.63, 3.8) is 0 Å². The van der Waals surface area contributed by atoms with Gasteiger partial charge in [-0.3, -0.25) is 28.8 Å². The predicted octanol–water partition coefficient (Wildman–Crippen LogP) is 4.03. The van der Waals surface area contributed by atoms with Crippen molar-refractivity contribution in [3.8, 4) is 11.5 Å². The maximum absolute atomic E-state index is 14.1. The molecule has 402 valence electrons. The van der Waals surface area contributed by atoms with Crippen LogP contribution in [-0.4, -0.2) is 156 Å². The van der Waals surface area contributed by atoms with Crippen LogP contribution in [0.15, 0.2) is 36.9 Å². The molecule has 4 aromatic rings. The quantitative estimate of drug-likeness (QED) is 0.0547. The fraction of sp³-hybridized carbons (Fsp3) is 0.577. The summed E-state index contributed by atoms with van der Waals surface area (Å²) in [6, 6.07) is 2.77. The van der Waals surface area contributed by atoms with Gasteiger partial charge in [0.2, 0.25) is 35.4 Å². The average Bonchev–Trinajstić information content (AvgIpc) is 4.08. The van der Waals surface area contributed by atoms with Crippen LogP contribution in [0.3, 0.4) is 0 Å². The summed E-state index contributed by atoms with van der Waals surface area (Å²) in [6.45, 7) is 16.6. The van der Waals surface area contributed by atoms with Gasteiger partial charge in [-0.25, -0.2) is 19.9 Å². The molecule has 6 amide bonds. The number of carbonyl (C=O) groups excluding carboxylic acids is 6. The van der Waals surface area contributed by atoms with Gasteiger partial charge in [0, 0.05) is 49.1 Å². The Morgan fingerprint density at radius 1 is 0.608 bits per heavy atom. The molecule has 0 unspecified atom stereocenters. The number of likely N-dealkylation sites (tertiary alicyclic amines) is 2. The Balaban J connectivity index is 1.08. The monoisotopic (exact) mass is 1020 g/mol. The molecule has 22 heteroatoms. The minimum Gasteiger partial charge on any atom is -0.494 e. The van der Waals surface area contributed by atoms with Crippen LogP contribution in [0.25, 0.3) is 21.8 Å². The molecule has 74 heavy (non-hydrogen) atoms. The first-order valence-electron chi connectivity index (χ1n) is 25.4. The Bertz CT molecular complexity index is 2510. The molecule has 0 radical (unpaired) electrons. The van der Waals surface area contributed by atoms with Crippen molar-refractivity contribution in [1.29, 1.82) is 0 Å². The maximum Gasteiger partial charge on any atom is 0.247 e.